The van der Waals surface area contributed by atoms with Gasteiger partial charge in [-0.3, -0.25) is 4.90 Å². The van der Waals surface area contributed by atoms with Gasteiger partial charge in [0.2, 0.25) is 0 Å². The number of rotatable bonds is 4. The summed E-state index contributed by atoms with van der Waals surface area (Å²) in [5, 5.41) is 16.1. The maximum atomic E-state index is 10.6. The summed E-state index contributed by atoms with van der Waals surface area (Å²) >= 11 is 0. The largest absolute Gasteiger partial charge is 0.476 e. The highest BCUT2D eigenvalue weighted by Crippen LogP contribution is 2.22. The summed E-state index contributed by atoms with van der Waals surface area (Å²) in [5.74, 6) is -1.04. The number of hydrogen-bond donors (Lipinski definition) is 1. The average Bonchev–Trinajstić information content (AvgIpc) is 2.64. The van der Waals surface area contributed by atoms with Crippen LogP contribution in [0.15, 0.2) is 18.9 Å². The smallest absolute Gasteiger partial charge is 0.358 e. The molecule has 1 fully saturated rings. The van der Waals surface area contributed by atoms with Crippen LogP contribution in [0.1, 0.15) is 23.5 Å². The van der Waals surface area contributed by atoms with Gasteiger partial charge in [0.15, 0.2) is 5.69 Å². The van der Waals surface area contributed by atoms with Crippen LogP contribution in [-0.4, -0.2) is 50.1 Å². The quantitative estimate of drug-likeness (QED) is 0.747. The number of hydrogen-bond acceptors (Lipinski definition) is 4. The van der Waals surface area contributed by atoms with Crippen molar-refractivity contribution in [1.29, 1.82) is 0 Å². The molecule has 86 valence electrons. The average molecular weight is 222 g/mol. The van der Waals surface area contributed by atoms with Gasteiger partial charge in [-0.25, -0.2) is 9.48 Å². The van der Waals surface area contributed by atoms with Gasteiger partial charge in [-0.1, -0.05) is 11.3 Å². The first-order chi connectivity index (χ1) is 7.61. The number of likely N-dealkylation sites (tertiary alicyclic amines) is 1. The summed E-state index contributed by atoms with van der Waals surface area (Å²) in [6, 6.07) is 0.571. The second-order valence-corrected chi connectivity index (χ2v) is 3.97. The highest BCUT2D eigenvalue weighted by atomic mass is 16.4. The molecule has 1 aromatic rings. The van der Waals surface area contributed by atoms with Crippen molar-refractivity contribution >= 4 is 5.97 Å². The van der Waals surface area contributed by atoms with E-state index in [1.54, 1.807) is 4.68 Å². The molecule has 1 aliphatic rings. The third-order valence-electron chi connectivity index (χ3n) is 2.91. The first-order valence-corrected chi connectivity index (χ1v) is 5.13. The Bertz CT molecular complexity index is 409. The fourth-order valence-corrected chi connectivity index (χ4v) is 1.69. The molecule has 0 aliphatic carbocycles. The van der Waals surface area contributed by atoms with E-state index in [1.807, 2.05) is 6.08 Å². The summed E-state index contributed by atoms with van der Waals surface area (Å²) in [7, 11) is 0. The van der Waals surface area contributed by atoms with Gasteiger partial charge in [0.05, 0.1) is 12.2 Å². The van der Waals surface area contributed by atoms with E-state index in [0.29, 0.717) is 6.04 Å². The number of carbonyl (C=O) groups is 1. The van der Waals surface area contributed by atoms with Gasteiger partial charge in [-0.05, 0) is 6.92 Å². The Hall–Kier alpha value is -1.69. The molecule has 0 radical (unpaired) electrons. The lowest BCUT2D eigenvalue weighted by Crippen LogP contribution is -2.51. The third kappa shape index (κ3) is 1.83. The van der Waals surface area contributed by atoms with Gasteiger partial charge in [0.25, 0.3) is 0 Å². The number of carboxylic acid groups (broad SMARTS) is 1. The van der Waals surface area contributed by atoms with Crippen molar-refractivity contribution in [1.82, 2.24) is 19.9 Å². The Kier molecular flexibility index (Phi) is 2.74. The van der Waals surface area contributed by atoms with Crippen LogP contribution in [0, 0.1) is 0 Å². The van der Waals surface area contributed by atoms with E-state index in [9.17, 15) is 4.79 Å². The standard InChI is InChI=1S/C10H14N4O2/c1-3-7(2)13-4-8(5-13)14-6-9(10(15)16)11-12-14/h3,6-8H,1,4-5H2,2H3,(H,15,16). The molecule has 1 aromatic heterocycles. The monoisotopic (exact) mass is 222 g/mol. The molecule has 1 aliphatic heterocycles. The van der Waals surface area contributed by atoms with E-state index in [1.165, 1.54) is 6.20 Å². The molecular formula is C10H14N4O2. The molecule has 2 rings (SSSR count). The van der Waals surface area contributed by atoms with Crippen LogP contribution in [0.4, 0.5) is 0 Å². The highest BCUT2D eigenvalue weighted by molar-refractivity contribution is 5.84. The van der Waals surface area contributed by atoms with E-state index in [-0.39, 0.29) is 11.7 Å². The summed E-state index contributed by atoms with van der Waals surface area (Å²) in [6.07, 6.45) is 3.36. The lowest BCUT2D eigenvalue weighted by Gasteiger charge is -2.41. The maximum absolute atomic E-state index is 10.6. The topological polar surface area (TPSA) is 71.2 Å². The number of aromatic nitrogens is 3. The zero-order chi connectivity index (χ0) is 11.7. The Balaban J connectivity index is 1.96. The number of nitrogens with zero attached hydrogens (tertiary/aromatic N) is 4. The van der Waals surface area contributed by atoms with Crippen molar-refractivity contribution in [3.8, 4) is 0 Å². The van der Waals surface area contributed by atoms with Crippen molar-refractivity contribution < 1.29 is 9.90 Å². The van der Waals surface area contributed by atoms with Crippen molar-refractivity contribution in [2.45, 2.75) is 19.0 Å². The lowest BCUT2D eigenvalue weighted by molar-refractivity contribution is 0.0689. The molecule has 6 nitrogen and oxygen atoms in total. The van der Waals surface area contributed by atoms with Crippen LogP contribution in [0.25, 0.3) is 0 Å². The second-order valence-electron chi connectivity index (χ2n) is 3.97. The lowest BCUT2D eigenvalue weighted by atomic mass is 10.1. The normalized spacial score (nSPS) is 19.1. The van der Waals surface area contributed by atoms with Gasteiger partial charge in [-0.15, -0.1) is 11.7 Å². The summed E-state index contributed by atoms with van der Waals surface area (Å²) in [5.41, 5.74) is -0.00443. The van der Waals surface area contributed by atoms with Crippen molar-refractivity contribution in [2.75, 3.05) is 13.1 Å². The van der Waals surface area contributed by atoms with Crippen LogP contribution in [0.3, 0.4) is 0 Å². The van der Waals surface area contributed by atoms with Crippen molar-refractivity contribution in [3.05, 3.63) is 24.5 Å². The van der Waals surface area contributed by atoms with Crippen LogP contribution in [0.5, 0.6) is 0 Å². The minimum atomic E-state index is -1.04. The molecule has 0 spiro atoms. The fourth-order valence-electron chi connectivity index (χ4n) is 1.69. The van der Waals surface area contributed by atoms with Crippen molar-refractivity contribution in [2.24, 2.45) is 0 Å². The van der Waals surface area contributed by atoms with Crippen LogP contribution in [-0.2, 0) is 0 Å². The summed E-state index contributed by atoms with van der Waals surface area (Å²) in [6.45, 7) is 7.52. The minimum Gasteiger partial charge on any atom is -0.476 e. The molecule has 0 saturated carbocycles. The van der Waals surface area contributed by atoms with Crippen molar-refractivity contribution in [3.63, 3.8) is 0 Å². The van der Waals surface area contributed by atoms with Gasteiger partial charge >= 0.3 is 5.97 Å². The molecule has 0 aromatic carbocycles. The molecule has 0 bridgehead atoms. The highest BCUT2D eigenvalue weighted by Gasteiger charge is 2.31. The molecule has 1 atom stereocenters. The maximum Gasteiger partial charge on any atom is 0.358 e. The van der Waals surface area contributed by atoms with E-state index < -0.39 is 5.97 Å². The zero-order valence-corrected chi connectivity index (χ0v) is 9.08. The summed E-state index contributed by atoms with van der Waals surface area (Å²) in [4.78, 5) is 12.9. The predicted octanol–water partition coefficient (Wildman–Crippen LogP) is 0.407. The van der Waals surface area contributed by atoms with E-state index in [0.717, 1.165) is 13.1 Å². The number of carboxylic acids is 1. The van der Waals surface area contributed by atoms with Gasteiger partial charge in [-0.2, -0.15) is 0 Å². The Morgan fingerprint density at radius 1 is 1.75 bits per heavy atom. The Morgan fingerprint density at radius 3 is 2.94 bits per heavy atom. The molecular weight excluding hydrogens is 208 g/mol. The van der Waals surface area contributed by atoms with Gasteiger partial charge in [0, 0.05) is 19.1 Å². The Morgan fingerprint density at radius 2 is 2.44 bits per heavy atom. The summed E-state index contributed by atoms with van der Waals surface area (Å²) < 4.78 is 1.62. The van der Waals surface area contributed by atoms with Crippen LogP contribution >= 0.6 is 0 Å². The third-order valence-corrected chi connectivity index (χ3v) is 2.91. The van der Waals surface area contributed by atoms with Gasteiger partial charge < -0.3 is 5.11 Å². The molecule has 0 amide bonds. The minimum absolute atomic E-state index is 0.00443. The second kappa shape index (κ2) is 4.05. The molecule has 1 N–H and O–H groups in total. The van der Waals surface area contributed by atoms with Crippen LogP contribution in [0.2, 0.25) is 0 Å². The van der Waals surface area contributed by atoms with Gasteiger partial charge in [0.1, 0.15) is 0 Å². The predicted molar refractivity (Wildman–Crippen MR) is 57.3 cm³/mol. The van der Waals surface area contributed by atoms with E-state index >= 15 is 0 Å². The first-order valence-electron chi connectivity index (χ1n) is 5.13. The molecule has 6 heteroatoms. The Labute approximate surface area is 93.2 Å². The number of aromatic carboxylic acids is 1. The molecule has 1 saturated heterocycles. The SMILES string of the molecule is C=CC(C)N1CC(n2cc(C(=O)O)nn2)C1. The molecule has 2 heterocycles. The zero-order valence-electron chi connectivity index (χ0n) is 9.08. The molecule has 1 unspecified atom stereocenters. The fraction of sp³-hybridized carbons (Fsp3) is 0.500. The first kappa shape index (κ1) is 10.8. The van der Waals surface area contributed by atoms with Crippen LogP contribution < -0.4 is 0 Å². The molecule has 16 heavy (non-hydrogen) atoms. The van der Waals surface area contributed by atoms with E-state index in [2.05, 4.69) is 28.7 Å². The van der Waals surface area contributed by atoms with E-state index in [4.69, 9.17) is 5.11 Å².